The maximum Gasteiger partial charge on any atom is 0.123 e. The molecule has 2 aromatic heterocycles. The Labute approximate surface area is 141 Å². The van der Waals surface area contributed by atoms with Crippen molar-refractivity contribution in [3.63, 3.8) is 0 Å². The lowest BCUT2D eigenvalue weighted by atomic mass is 9.72. The molecule has 3 rings (SSSR count). The molecule has 2 N–H and O–H groups in total. The Hall–Kier alpha value is -2.33. The molecule has 0 radical (unpaired) electrons. The van der Waals surface area contributed by atoms with Gasteiger partial charge in [0.1, 0.15) is 5.82 Å². The lowest BCUT2D eigenvalue weighted by Crippen LogP contribution is -2.46. The van der Waals surface area contributed by atoms with Gasteiger partial charge >= 0.3 is 0 Å². The Morgan fingerprint density at radius 2 is 1.75 bits per heavy atom. The number of aromatic nitrogens is 2. The SMILES string of the molecule is CC(C)(C)[C@](C)(N)c1nc2ccc(F)cc2cc1-c1ccccn1. The minimum atomic E-state index is -0.678. The quantitative estimate of drug-likeness (QED) is 0.746. The van der Waals surface area contributed by atoms with E-state index in [1.54, 1.807) is 12.3 Å². The van der Waals surface area contributed by atoms with E-state index in [1.807, 2.05) is 31.2 Å². The van der Waals surface area contributed by atoms with Crippen molar-refractivity contribution in [3.05, 3.63) is 60.2 Å². The van der Waals surface area contributed by atoms with Gasteiger partial charge in [-0.3, -0.25) is 9.97 Å². The van der Waals surface area contributed by atoms with Crippen molar-refractivity contribution >= 4 is 10.9 Å². The van der Waals surface area contributed by atoms with E-state index in [-0.39, 0.29) is 11.2 Å². The molecule has 24 heavy (non-hydrogen) atoms. The number of pyridine rings is 2. The summed E-state index contributed by atoms with van der Waals surface area (Å²) in [5.74, 6) is -0.282. The predicted octanol–water partition coefficient (Wildman–Crippen LogP) is 4.66. The van der Waals surface area contributed by atoms with Crippen LogP contribution < -0.4 is 5.73 Å². The van der Waals surface area contributed by atoms with Gasteiger partial charge in [0.25, 0.3) is 0 Å². The van der Waals surface area contributed by atoms with Crippen molar-refractivity contribution in [2.24, 2.45) is 11.1 Å². The van der Waals surface area contributed by atoms with Crippen LogP contribution in [0.5, 0.6) is 0 Å². The molecular weight excluding hydrogens is 301 g/mol. The molecule has 0 amide bonds. The lowest BCUT2D eigenvalue weighted by Gasteiger charge is -2.39. The molecule has 124 valence electrons. The van der Waals surface area contributed by atoms with E-state index in [9.17, 15) is 4.39 Å². The molecule has 0 saturated carbocycles. The number of nitrogens with two attached hydrogens (primary N) is 1. The van der Waals surface area contributed by atoms with Crippen LogP contribution in [0.2, 0.25) is 0 Å². The van der Waals surface area contributed by atoms with Gasteiger partial charge in [-0.1, -0.05) is 26.8 Å². The zero-order valence-electron chi connectivity index (χ0n) is 14.5. The molecule has 2 heterocycles. The zero-order valence-corrected chi connectivity index (χ0v) is 14.5. The fourth-order valence-electron chi connectivity index (χ4n) is 2.62. The highest BCUT2D eigenvalue weighted by molar-refractivity contribution is 5.84. The summed E-state index contributed by atoms with van der Waals surface area (Å²) in [4.78, 5) is 9.24. The third-order valence-electron chi connectivity index (χ3n) is 4.77. The second kappa shape index (κ2) is 5.64. The van der Waals surface area contributed by atoms with Crippen LogP contribution in [0.1, 0.15) is 33.4 Å². The van der Waals surface area contributed by atoms with Gasteiger partial charge in [-0.25, -0.2) is 4.39 Å². The van der Waals surface area contributed by atoms with Crippen LogP contribution in [0.4, 0.5) is 4.39 Å². The lowest BCUT2D eigenvalue weighted by molar-refractivity contribution is 0.206. The van der Waals surface area contributed by atoms with Gasteiger partial charge in [0, 0.05) is 17.1 Å². The van der Waals surface area contributed by atoms with Gasteiger partial charge in [0.15, 0.2) is 0 Å². The molecule has 0 spiro atoms. The van der Waals surface area contributed by atoms with Crippen LogP contribution in [-0.2, 0) is 5.54 Å². The van der Waals surface area contributed by atoms with Crippen molar-refractivity contribution in [2.45, 2.75) is 33.2 Å². The van der Waals surface area contributed by atoms with Crippen molar-refractivity contribution in [3.8, 4) is 11.3 Å². The molecular formula is C20H22FN3. The van der Waals surface area contributed by atoms with Crippen LogP contribution in [0, 0.1) is 11.2 Å². The van der Waals surface area contributed by atoms with E-state index in [0.717, 1.165) is 27.9 Å². The maximum atomic E-state index is 13.6. The largest absolute Gasteiger partial charge is 0.320 e. The van der Waals surface area contributed by atoms with Gasteiger partial charge < -0.3 is 5.73 Å². The van der Waals surface area contributed by atoms with Crippen molar-refractivity contribution in [1.82, 2.24) is 9.97 Å². The highest BCUT2D eigenvalue weighted by atomic mass is 19.1. The van der Waals surface area contributed by atoms with Gasteiger partial charge in [0.2, 0.25) is 0 Å². The highest BCUT2D eigenvalue weighted by Gasteiger charge is 2.38. The first-order valence-electron chi connectivity index (χ1n) is 8.01. The van der Waals surface area contributed by atoms with Crippen molar-refractivity contribution in [2.75, 3.05) is 0 Å². The summed E-state index contributed by atoms with van der Waals surface area (Å²) in [6, 6.07) is 12.2. The summed E-state index contributed by atoms with van der Waals surface area (Å²) in [6.07, 6.45) is 1.74. The molecule has 0 saturated heterocycles. The summed E-state index contributed by atoms with van der Waals surface area (Å²) in [5, 5.41) is 0.740. The second-order valence-corrected chi connectivity index (χ2v) is 7.39. The van der Waals surface area contributed by atoms with E-state index in [1.165, 1.54) is 12.1 Å². The molecule has 3 aromatic rings. The van der Waals surface area contributed by atoms with Crippen LogP contribution in [0.25, 0.3) is 22.2 Å². The predicted molar refractivity (Wildman–Crippen MR) is 95.9 cm³/mol. The summed E-state index contributed by atoms with van der Waals surface area (Å²) < 4.78 is 13.6. The van der Waals surface area contributed by atoms with E-state index < -0.39 is 5.54 Å². The molecule has 1 atom stereocenters. The normalized spacial score (nSPS) is 14.6. The summed E-state index contributed by atoms with van der Waals surface area (Å²) in [7, 11) is 0. The zero-order chi connectivity index (χ0) is 17.5. The molecule has 3 nitrogen and oxygen atoms in total. The highest BCUT2D eigenvalue weighted by Crippen LogP contribution is 2.40. The number of hydrogen-bond donors (Lipinski definition) is 1. The number of benzene rings is 1. The third kappa shape index (κ3) is 2.78. The Morgan fingerprint density at radius 1 is 1.00 bits per heavy atom. The first-order valence-corrected chi connectivity index (χ1v) is 8.01. The molecule has 0 aliphatic rings. The van der Waals surface area contributed by atoms with Gasteiger partial charge in [0.05, 0.1) is 22.4 Å². The Kier molecular flexibility index (Phi) is 3.88. The number of nitrogens with zero attached hydrogens (tertiary/aromatic N) is 2. The summed E-state index contributed by atoms with van der Waals surface area (Å²) >= 11 is 0. The first-order chi connectivity index (χ1) is 11.2. The van der Waals surface area contributed by atoms with E-state index in [4.69, 9.17) is 10.7 Å². The number of halogens is 1. The standard InChI is InChI=1S/C20H22FN3/c1-19(2,3)20(4,22)18-15(17-7-5-6-10-23-17)12-13-11-14(21)8-9-16(13)24-18/h5-12H,22H2,1-4H3/t20-/m1/s1. The molecule has 0 aliphatic carbocycles. The van der Waals surface area contributed by atoms with Gasteiger partial charge in [-0.2, -0.15) is 0 Å². The number of fused-ring (bicyclic) bond motifs is 1. The van der Waals surface area contributed by atoms with Crippen molar-refractivity contribution < 1.29 is 4.39 Å². The summed E-state index contributed by atoms with van der Waals surface area (Å²) in [6.45, 7) is 8.25. The molecule has 0 aliphatic heterocycles. The molecule has 1 aromatic carbocycles. The van der Waals surface area contributed by atoms with E-state index in [0.29, 0.717) is 0 Å². The first kappa shape index (κ1) is 16.5. The Morgan fingerprint density at radius 3 is 2.38 bits per heavy atom. The molecule has 0 unspecified atom stereocenters. The molecule has 0 fully saturated rings. The maximum absolute atomic E-state index is 13.6. The van der Waals surface area contributed by atoms with Crippen molar-refractivity contribution in [1.29, 1.82) is 0 Å². The Balaban J connectivity index is 2.36. The average molecular weight is 323 g/mol. The fraction of sp³-hybridized carbons (Fsp3) is 0.300. The monoisotopic (exact) mass is 323 g/mol. The fourth-order valence-corrected chi connectivity index (χ4v) is 2.62. The van der Waals surface area contributed by atoms with Crippen LogP contribution in [0.15, 0.2) is 48.7 Å². The van der Waals surface area contributed by atoms with Crippen LogP contribution >= 0.6 is 0 Å². The third-order valence-corrected chi connectivity index (χ3v) is 4.77. The summed E-state index contributed by atoms with van der Waals surface area (Å²) in [5.41, 5.74) is 8.95. The number of hydrogen-bond acceptors (Lipinski definition) is 3. The Bertz CT molecular complexity index is 881. The molecule has 0 bridgehead atoms. The van der Waals surface area contributed by atoms with E-state index >= 15 is 0 Å². The smallest absolute Gasteiger partial charge is 0.123 e. The minimum Gasteiger partial charge on any atom is -0.320 e. The van der Waals surface area contributed by atoms with Crippen LogP contribution in [-0.4, -0.2) is 9.97 Å². The van der Waals surface area contributed by atoms with Crippen LogP contribution in [0.3, 0.4) is 0 Å². The second-order valence-electron chi connectivity index (χ2n) is 7.39. The molecule has 4 heteroatoms. The topological polar surface area (TPSA) is 51.8 Å². The minimum absolute atomic E-state index is 0.211. The van der Waals surface area contributed by atoms with Gasteiger partial charge in [-0.15, -0.1) is 0 Å². The average Bonchev–Trinajstić information content (AvgIpc) is 2.53. The number of rotatable bonds is 2. The van der Waals surface area contributed by atoms with Gasteiger partial charge in [-0.05, 0) is 48.7 Å². The van der Waals surface area contributed by atoms with E-state index in [2.05, 4.69) is 25.8 Å².